The summed E-state index contributed by atoms with van der Waals surface area (Å²) in [6.45, 7) is 2.53. The first kappa shape index (κ1) is 20.9. The molecular formula is C23H25ClN4OS. The summed E-state index contributed by atoms with van der Waals surface area (Å²) in [6, 6.07) is 18.1. The number of hydrogen-bond acceptors (Lipinski definition) is 4. The van der Waals surface area contributed by atoms with Gasteiger partial charge >= 0.3 is 0 Å². The molecule has 4 rings (SSSR count). The Bertz CT molecular complexity index is 1000. The second-order valence-corrected chi connectivity index (χ2v) is 9.32. The Morgan fingerprint density at radius 2 is 1.83 bits per heavy atom. The third-order valence-electron chi connectivity index (χ3n) is 5.37. The highest BCUT2D eigenvalue weighted by Crippen LogP contribution is 2.31. The van der Waals surface area contributed by atoms with Gasteiger partial charge in [0.1, 0.15) is 0 Å². The van der Waals surface area contributed by atoms with Gasteiger partial charge in [0.15, 0.2) is 11.0 Å². The van der Waals surface area contributed by atoms with Crippen molar-refractivity contribution in [3.8, 4) is 11.4 Å². The van der Waals surface area contributed by atoms with Gasteiger partial charge in [0.2, 0.25) is 5.91 Å². The van der Waals surface area contributed by atoms with Crippen LogP contribution in [0, 0.1) is 0 Å². The maximum atomic E-state index is 12.7. The van der Waals surface area contributed by atoms with Gasteiger partial charge in [-0.1, -0.05) is 78.7 Å². The molecular weight excluding hydrogens is 416 g/mol. The molecule has 1 aromatic heterocycles. The number of hydrogen-bond donors (Lipinski definition) is 1. The highest BCUT2D eigenvalue weighted by atomic mass is 35.5. The number of nitrogens with one attached hydrogen (secondary N) is 1. The molecule has 30 heavy (non-hydrogen) atoms. The Morgan fingerprint density at radius 1 is 1.13 bits per heavy atom. The molecule has 1 amide bonds. The van der Waals surface area contributed by atoms with Crippen molar-refractivity contribution >= 4 is 29.3 Å². The van der Waals surface area contributed by atoms with Gasteiger partial charge in [0, 0.05) is 11.6 Å². The topological polar surface area (TPSA) is 59.8 Å². The molecule has 1 aliphatic rings. The van der Waals surface area contributed by atoms with Crippen LogP contribution in [0.25, 0.3) is 11.4 Å². The molecule has 0 radical (unpaired) electrons. The summed E-state index contributed by atoms with van der Waals surface area (Å²) in [5.74, 6) is 0.760. The normalized spacial score (nSPS) is 15.3. The minimum atomic E-state index is -0.261. The minimum Gasteiger partial charge on any atom is -0.352 e. The molecule has 1 atom stereocenters. The van der Waals surface area contributed by atoms with Crippen LogP contribution in [-0.4, -0.2) is 32.0 Å². The van der Waals surface area contributed by atoms with E-state index in [4.69, 9.17) is 11.6 Å². The summed E-state index contributed by atoms with van der Waals surface area (Å²) in [6.07, 6.45) is 4.53. The SMILES string of the molecule is C[C@@H](Sc1nnc(-c2ccccc2Cl)n1Cc1ccccc1)C(=O)NC1CCCC1. The van der Waals surface area contributed by atoms with Crippen LogP contribution in [0.5, 0.6) is 0 Å². The maximum absolute atomic E-state index is 12.7. The first-order valence-corrected chi connectivity index (χ1v) is 11.6. The van der Waals surface area contributed by atoms with Crippen LogP contribution in [0.15, 0.2) is 59.8 Å². The standard InChI is InChI=1S/C23H25ClN4OS/c1-16(22(29)25-18-11-5-6-12-18)30-23-27-26-21(19-13-7-8-14-20(19)24)28(23)15-17-9-3-2-4-10-17/h2-4,7-10,13-14,16,18H,5-6,11-12,15H2,1H3,(H,25,29)/t16-/m1/s1. The Hall–Kier alpha value is -2.31. The van der Waals surface area contributed by atoms with Crippen LogP contribution in [0.4, 0.5) is 0 Å². The average Bonchev–Trinajstić information content (AvgIpc) is 3.40. The number of benzene rings is 2. The highest BCUT2D eigenvalue weighted by molar-refractivity contribution is 8.00. The molecule has 7 heteroatoms. The Kier molecular flexibility index (Phi) is 6.75. The summed E-state index contributed by atoms with van der Waals surface area (Å²) >= 11 is 7.88. The fourth-order valence-electron chi connectivity index (χ4n) is 3.73. The monoisotopic (exact) mass is 440 g/mol. The fourth-order valence-corrected chi connectivity index (χ4v) is 4.80. The van der Waals surface area contributed by atoms with E-state index in [9.17, 15) is 4.79 Å². The van der Waals surface area contributed by atoms with Crippen molar-refractivity contribution in [3.05, 3.63) is 65.2 Å². The van der Waals surface area contributed by atoms with E-state index >= 15 is 0 Å². The third-order valence-corrected chi connectivity index (χ3v) is 6.78. The van der Waals surface area contributed by atoms with Gasteiger partial charge in [-0.05, 0) is 37.5 Å². The van der Waals surface area contributed by atoms with Crippen molar-refractivity contribution in [2.75, 3.05) is 0 Å². The average molecular weight is 441 g/mol. The van der Waals surface area contributed by atoms with Crippen molar-refractivity contribution in [2.24, 2.45) is 0 Å². The van der Waals surface area contributed by atoms with Crippen LogP contribution < -0.4 is 5.32 Å². The molecule has 1 aliphatic carbocycles. The number of thioether (sulfide) groups is 1. The molecule has 0 spiro atoms. The van der Waals surface area contributed by atoms with Crippen LogP contribution >= 0.6 is 23.4 Å². The fraction of sp³-hybridized carbons (Fsp3) is 0.348. The van der Waals surface area contributed by atoms with Crippen LogP contribution in [-0.2, 0) is 11.3 Å². The smallest absolute Gasteiger partial charge is 0.233 e. The van der Waals surface area contributed by atoms with E-state index in [1.54, 1.807) is 0 Å². The molecule has 5 nitrogen and oxygen atoms in total. The number of halogens is 1. The molecule has 0 unspecified atom stereocenters. The zero-order valence-corrected chi connectivity index (χ0v) is 18.5. The summed E-state index contributed by atoms with van der Waals surface area (Å²) in [7, 11) is 0. The number of aromatic nitrogens is 3. The number of carbonyl (C=O) groups excluding carboxylic acids is 1. The van der Waals surface area contributed by atoms with Gasteiger partial charge < -0.3 is 5.32 Å². The molecule has 3 aromatic rings. The molecule has 1 heterocycles. The largest absolute Gasteiger partial charge is 0.352 e. The van der Waals surface area contributed by atoms with Crippen molar-refractivity contribution in [1.82, 2.24) is 20.1 Å². The molecule has 0 bridgehead atoms. The molecule has 2 aromatic carbocycles. The number of amides is 1. The Labute approximate surface area is 186 Å². The lowest BCUT2D eigenvalue weighted by Crippen LogP contribution is -2.37. The quantitative estimate of drug-likeness (QED) is 0.514. The first-order valence-electron chi connectivity index (χ1n) is 10.3. The lowest BCUT2D eigenvalue weighted by Gasteiger charge is -2.17. The van der Waals surface area contributed by atoms with Gasteiger partial charge in [0.25, 0.3) is 0 Å². The Balaban J connectivity index is 1.60. The van der Waals surface area contributed by atoms with E-state index in [2.05, 4.69) is 27.6 Å². The Morgan fingerprint density at radius 3 is 2.57 bits per heavy atom. The third kappa shape index (κ3) is 4.87. The van der Waals surface area contributed by atoms with E-state index < -0.39 is 0 Å². The zero-order valence-electron chi connectivity index (χ0n) is 16.9. The predicted molar refractivity (Wildman–Crippen MR) is 122 cm³/mol. The van der Waals surface area contributed by atoms with Gasteiger partial charge in [-0.15, -0.1) is 10.2 Å². The van der Waals surface area contributed by atoms with E-state index in [0.29, 0.717) is 28.6 Å². The van der Waals surface area contributed by atoms with Crippen LogP contribution in [0.1, 0.15) is 38.2 Å². The van der Waals surface area contributed by atoms with Gasteiger partial charge in [-0.25, -0.2) is 0 Å². The van der Waals surface area contributed by atoms with E-state index in [-0.39, 0.29) is 11.2 Å². The van der Waals surface area contributed by atoms with Gasteiger partial charge in [-0.2, -0.15) is 0 Å². The second kappa shape index (κ2) is 9.67. The predicted octanol–water partition coefficient (Wildman–Crippen LogP) is 5.19. The van der Waals surface area contributed by atoms with Crippen molar-refractivity contribution < 1.29 is 4.79 Å². The maximum Gasteiger partial charge on any atom is 0.233 e. The first-order chi connectivity index (χ1) is 14.6. The molecule has 0 saturated heterocycles. The highest BCUT2D eigenvalue weighted by Gasteiger charge is 2.24. The van der Waals surface area contributed by atoms with Crippen LogP contribution in [0.3, 0.4) is 0 Å². The van der Waals surface area contributed by atoms with Gasteiger partial charge in [-0.3, -0.25) is 9.36 Å². The van der Waals surface area contributed by atoms with E-state index in [1.807, 2.05) is 54.0 Å². The molecule has 1 fully saturated rings. The summed E-state index contributed by atoms with van der Waals surface area (Å²) in [5, 5.41) is 13.1. The second-order valence-electron chi connectivity index (χ2n) is 7.61. The molecule has 1 saturated carbocycles. The van der Waals surface area contributed by atoms with E-state index in [1.165, 1.54) is 24.6 Å². The van der Waals surface area contributed by atoms with Crippen molar-refractivity contribution in [3.63, 3.8) is 0 Å². The molecule has 0 aliphatic heterocycles. The molecule has 156 valence electrons. The van der Waals surface area contributed by atoms with Crippen LogP contribution in [0.2, 0.25) is 5.02 Å². The zero-order chi connectivity index (χ0) is 20.9. The lowest BCUT2D eigenvalue weighted by molar-refractivity contribution is -0.120. The number of nitrogens with zero attached hydrogens (tertiary/aromatic N) is 3. The number of rotatable bonds is 7. The van der Waals surface area contributed by atoms with Gasteiger partial charge in [0.05, 0.1) is 16.8 Å². The summed E-state index contributed by atoms with van der Waals surface area (Å²) < 4.78 is 2.04. The van der Waals surface area contributed by atoms with Crippen molar-refractivity contribution in [1.29, 1.82) is 0 Å². The lowest BCUT2D eigenvalue weighted by atomic mass is 10.2. The minimum absolute atomic E-state index is 0.0560. The number of carbonyl (C=O) groups is 1. The molecule has 1 N–H and O–H groups in total. The summed E-state index contributed by atoms with van der Waals surface area (Å²) in [5.41, 5.74) is 1.97. The summed E-state index contributed by atoms with van der Waals surface area (Å²) in [4.78, 5) is 12.7. The van der Waals surface area contributed by atoms with E-state index in [0.717, 1.165) is 24.0 Å². The van der Waals surface area contributed by atoms with Crippen molar-refractivity contribution in [2.45, 2.75) is 55.6 Å².